The van der Waals surface area contributed by atoms with E-state index in [4.69, 9.17) is 0 Å². The molecular weight excluding hydrogens is 396 g/mol. The van der Waals surface area contributed by atoms with E-state index in [-0.39, 0.29) is 5.91 Å². The van der Waals surface area contributed by atoms with Crippen LogP contribution in [0.25, 0.3) is 0 Å². The van der Waals surface area contributed by atoms with Crippen molar-refractivity contribution in [3.63, 3.8) is 0 Å². The van der Waals surface area contributed by atoms with Crippen molar-refractivity contribution in [2.24, 2.45) is 0 Å². The summed E-state index contributed by atoms with van der Waals surface area (Å²) < 4.78 is 0. The first-order chi connectivity index (χ1) is 15.7. The standard InChI is InChI=1S/C27H38N4O/c1-29(20-24-10-12-26(13-11-24)31-16-6-3-7-17-31)22-27(32)28-25-14-18-30(19-15-25)21-23-8-4-2-5-9-23/h2,4-5,8-13,25H,3,6-7,14-22H2,1H3,(H,28,32). The molecule has 172 valence electrons. The highest BCUT2D eigenvalue weighted by molar-refractivity contribution is 5.78. The minimum Gasteiger partial charge on any atom is -0.372 e. The van der Waals surface area contributed by atoms with Crippen molar-refractivity contribution < 1.29 is 4.79 Å². The highest BCUT2D eigenvalue weighted by Gasteiger charge is 2.21. The van der Waals surface area contributed by atoms with E-state index in [0.29, 0.717) is 12.6 Å². The van der Waals surface area contributed by atoms with Gasteiger partial charge >= 0.3 is 0 Å². The smallest absolute Gasteiger partial charge is 0.234 e. The third-order valence-electron chi connectivity index (χ3n) is 6.73. The predicted octanol–water partition coefficient (Wildman–Crippen LogP) is 3.89. The highest BCUT2D eigenvalue weighted by Crippen LogP contribution is 2.20. The van der Waals surface area contributed by atoms with Crippen LogP contribution < -0.4 is 10.2 Å². The van der Waals surface area contributed by atoms with Gasteiger partial charge in [0.15, 0.2) is 0 Å². The summed E-state index contributed by atoms with van der Waals surface area (Å²) in [5, 5.41) is 3.26. The molecule has 0 aliphatic carbocycles. The topological polar surface area (TPSA) is 38.8 Å². The van der Waals surface area contributed by atoms with Crippen molar-refractivity contribution in [2.45, 2.75) is 51.2 Å². The summed E-state index contributed by atoms with van der Waals surface area (Å²) in [6.45, 7) is 6.66. The SMILES string of the molecule is CN(CC(=O)NC1CCN(Cc2ccccc2)CC1)Cc1ccc(N2CCCCC2)cc1. The first kappa shape index (κ1) is 22.8. The van der Waals surface area contributed by atoms with Gasteiger partial charge in [0.05, 0.1) is 6.54 Å². The van der Waals surface area contributed by atoms with Gasteiger partial charge < -0.3 is 10.2 Å². The zero-order chi connectivity index (χ0) is 22.2. The molecule has 1 amide bonds. The summed E-state index contributed by atoms with van der Waals surface area (Å²) in [6.07, 6.45) is 6.01. The number of carbonyl (C=O) groups is 1. The monoisotopic (exact) mass is 434 g/mol. The normalized spacial score (nSPS) is 18.1. The lowest BCUT2D eigenvalue weighted by molar-refractivity contribution is -0.123. The van der Waals surface area contributed by atoms with E-state index in [1.807, 2.05) is 7.05 Å². The molecule has 2 fully saturated rings. The fourth-order valence-electron chi connectivity index (χ4n) is 4.93. The molecule has 2 aliphatic rings. The van der Waals surface area contributed by atoms with Crippen LogP contribution in [-0.2, 0) is 17.9 Å². The minimum absolute atomic E-state index is 0.138. The van der Waals surface area contributed by atoms with E-state index < -0.39 is 0 Å². The second-order valence-electron chi connectivity index (χ2n) is 9.49. The number of hydrogen-bond acceptors (Lipinski definition) is 4. The van der Waals surface area contributed by atoms with Crippen molar-refractivity contribution in [1.82, 2.24) is 15.1 Å². The van der Waals surface area contributed by atoms with Gasteiger partial charge in [0.2, 0.25) is 5.91 Å². The molecule has 0 aromatic heterocycles. The van der Waals surface area contributed by atoms with Crippen LogP contribution in [0, 0.1) is 0 Å². The Morgan fingerprint density at radius 2 is 1.59 bits per heavy atom. The van der Waals surface area contributed by atoms with Gasteiger partial charge in [0.25, 0.3) is 0 Å². The number of nitrogens with zero attached hydrogens (tertiary/aromatic N) is 3. The van der Waals surface area contributed by atoms with Crippen molar-refractivity contribution in [2.75, 3.05) is 44.7 Å². The average molecular weight is 435 g/mol. The zero-order valence-electron chi connectivity index (χ0n) is 19.5. The van der Waals surface area contributed by atoms with Crippen LogP contribution in [0.2, 0.25) is 0 Å². The molecule has 2 aliphatic heterocycles. The lowest BCUT2D eigenvalue weighted by Gasteiger charge is -2.32. The Hall–Kier alpha value is -2.37. The van der Waals surface area contributed by atoms with Crippen LogP contribution in [0.3, 0.4) is 0 Å². The van der Waals surface area contributed by atoms with Gasteiger partial charge in [0.1, 0.15) is 0 Å². The number of benzene rings is 2. The van der Waals surface area contributed by atoms with E-state index >= 15 is 0 Å². The Balaban J connectivity index is 1.16. The summed E-state index contributed by atoms with van der Waals surface area (Å²) in [7, 11) is 2.03. The summed E-state index contributed by atoms with van der Waals surface area (Å²) in [6, 6.07) is 19.8. The average Bonchev–Trinajstić information content (AvgIpc) is 2.82. The maximum atomic E-state index is 12.6. The molecule has 5 heteroatoms. The fourth-order valence-corrected chi connectivity index (χ4v) is 4.93. The van der Waals surface area contributed by atoms with Crippen molar-refractivity contribution >= 4 is 11.6 Å². The number of amides is 1. The summed E-state index contributed by atoms with van der Waals surface area (Å²) in [4.78, 5) is 19.6. The third kappa shape index (κ3) is 6.81. The fraction of sp³-hybridized carbons (Fsp3) is 0.519. The number of nitrogens with one attached hydrogen (secondary N) is 1. The van der Waals surface area contributed by atoms with Crippen LogP contribution in [0.4, 0.5) is 5.69 Å². The molecule has 32 heavy (non-hydrogen) atoms. The number of anilines is 1. The van der Waals surface area contributed by atoms with E-state index in [2.05, 4.69) is 74.6 Å². The van der Waals surface area contributed by atoms with E-state index in [1.54, 1.807) is 0 Å². The largest absolute Gasteiger partial charge is 0.372 e. The van der Waals surface area contributed by atoms with Crippen molar-refractivity contribution in [1.29, 1.82) is 0 Å². The van der Waals surface area contributed by atoms with Gasteiger partial charge in [-0.1, -0.05) is 42.5 Å². The van der Waals surface area contributed by atoms with Crippen LogP contribution >= 0.6 is 0 Å². The number of rotatable bonds is 8. The first-order valence-corrected chi connectivity index (χ1v) is 12.2. The van der Waals surface area contributed by atoms with Crippen LogP contribution in [0.1, 0.15) is 43.2 Å². The lowest BCUT2D eigenvalue weighted by atomic mass is 10.0. The number of likely N-dealkylation sites (N-methyl/N-ethyl adjacent to an activating group) is 1. The van der Waals surface area contributed by atoms with Gasteiger partial charge in [-0.15, -0.1) is 0 Å². The van der Waals surface area contributed by atoms with E-state index in [0.717, 1.165) is 39.0 Å². The van der Waals surface area contributed by atoms with Gasteiger partial charge in [-0.25, -0.2) is 0 Å². The summed E-state index contributed by atoms with van der Waals surface area (Å²) >= 11 is 0. The molecule has 4 rings (SSSR count). The Labute approximate surface area is 193 Å². The predicted molar refractivity (Wildman–Crippen MR) is 132 cm³/mol. The summed E-state index contributed by atoms with van der Waals surface area (Å²) in [5.74, 6) is 0.138. The number of hydrogen-bond donors (Lipinski definition) is 1. The second-order valence-corrected chi connectivity index (χ2v) is 9.49. The molecule has 0 unspecified atom stereocenters. The molecule has 2 heterocycles. The molecule has 1 N–H and O–H groups in total. The molecule has 0 spiro atoms. The Morgan fingerprint density at radius 1 is 0.906 bits per heavy atom. The molecule has 2 aromatic rings. The van der Waals surface area contributed by atoms with Crippen molar-refractivity contribution in [3.8, 4) is 0 Å². The Kier molecular flexibility index (Phi) is 8.18. The molecule has 2 saturated heterocycles. The molecule has 5 nitrogen and oxygen atoms in total. The number of carbonyl (C=O) groups excluding carboxylic acids is 1. The lowest BCUT2D eigenvalue weighted by Crippen LogP contribution is -2.46. The van der Waals surface area contributed by atoms with Gasteiger partial charge in [-0.3, -0.25) is 14.6 Å². The molecule has 0 saturated carbocycles. The molecule has 0 radical (unpaired) electrons. The molecule has 0 bridgehead atoms. The maximum absolute atomic E-state index is 12.6. The van der Waals surface area contributed by atoms with E-state index in [9.17, 15) is 4.79 Å². The molecule has 2 aromatic carbocycles. The molecular formula is C27H38N4O. The van der Waals surface area contributed by atoms with Gasteiger partial charge in [0, 0.05) is 51.0 Å². The van der Waals surface area contributed by atoms with Crippen LogP contribution in [-0.4, -0.2) is 61.5 Å². The number of piperidine rings is 2. The Morgan fingerprint density at radius 3 is 2.28 bits per heavy atom. The minimum atomic E-state index is 0.138. The number of likely N-dealkylation sites (tertiary alicyclic amines) is 1. The third-order valence-corrected chi connectivity index (χ3v) is 6.73. The summed E-state index contributed by atoms with van der Waals surface area (Å²) in [5.41, 5.74) is 3.95. The van der Waals surface area contributed by atoms with Gasteiger partial charge in [-0.05, 0) is 62.4 Å². The first-order valence-electron chi connectivity index (χ1n) is 12.2. The quantitative estimate of drug-likeness (QED) is 0.684. The zero-order valence-corrected chi connectivity index (χ0v) is 19.5. The van der Waals surface area contributed by atoms with Gasteiger partial charge in [-0.2, -0.15) is 0 Å². The highest BCUT2D eigenvalue weighted by atomic mass is 16.2. The van der Waals surface area contributed by atoms with Crippen LogP contribution in [0.5, 0.6) is 0 Å². The maximum Gasteiger partial charge on any atom is 0.234 e. The second kappa shape index (κ2) is 11.5. The van der Waals surface area contributed by atoms with Crippen molar-refractivity contribution in [3.05, 3.63) is 65.7 Å². The molecule has 0 atom stereocenters. The Bertz CT molecular complexity index is 824. The van der Waals surface area contributed by atoms with Crippen LogP contribution in [0.15, 0.2) is 54.6 Å². The van der Waals surface area contributed by atoms with E-state index in [1.165, 1.54) is 49.2 Å².